The summed E-state index contributed by atoms with van der Waals surface area (Å²) >= 11 is 0. The van der Waals surface area contributed by atoms with Gasteiger partial charge in [0.2, 0.25) is 10.0 Å². The maximum atomic E-state index is 12.6. The van der Waals surface area contributed by atoms with Gasteiger partial charge in [-0.25, -0.2) is 13.1 Å². The van der Waals surface area contributed by atoms with Crippen LogP contribution in [-0.4, -0.2) is 21.3 Å². The summed E-state index contributed by atoms with van der Waals surface area (Å²) in [6.07, 6.45) is -4.44. The average Bonchev–Trinajstić information content (AvgIpc) is 2.54. The van der Waals surface area contributed by atoms with Crippen LogP contribution in [0, 0.1) is 5.41 Å². The van der Waals surface area contributed by atoms with Gasteiger partial charge >= 0.3 is 6.18 Å². The molecule has 2 rings (SSSR count). The number of hydrogen-bond donors (Lipinski definition) is 4. The lowest BCUT2D eigenvalue weighted by atomic mass is 10.1. The van der Waals surface area contributed by atoms with Gasteiger partial charge in [0.25, 0.3) is 0 Å². The van der Waals surface area contributed by atoms with Crippen LogP contribution in [0.5, 0.6) is 0 Å². The van der Waals surface area contributed by atoms with E-state index in [0.717, 1.165) is 12.1 Å². The number of nitrogens with two attached hydrogens (primary N) is 1. The third kappa shape index (κ3) is 4.28. The number of benzene rings is 2. The molecule has 0 aromatic heterocycles. The van der Waals surface area contributed by atoms with E-state index in [1.165, 1.54) is 37.4 Å². The molecule has 0 radical (unpaired) electrons. The Morgan fingerprint density at radius 2 is 1.72 bits per heavy atom. The van der Waals surface area contributed by atoms with E-state index in [4.69, 9.17) is 11.1 Å². The molecule has 0 saturated carbocycles. The first-order valence-electron chi connectivity index (χ1n) is 6.91. The number of rotatable bonds is 5. The summed E-state index contributed by atoms with van der Waals surface area (Å²) in [5.74, 6) is -0.387. The van der Waals surface area contributed by atoms with Crippen LogP contribution >= 0.6 is 0 Å². The normalized spacial score (nSPS) is 12.0. The lowest BCUT2D eigenvalue weighted by Crippen LogP contribution is -2.20. The van der Waals surface area contributed by atoms with Crippen LogP contribution in [0.25, 0.3) is 0 Å². The third-order valence-corrected chi connectivity index (χ3v) is 4.76. The summed E-state index contributed by atoms with van der Waals surface area (Å²) in [6.45, 7) is 0. The van der Waals surface area contributed by atoms with Gasteiger partial charge in [-0.15, -0.1) is 0 Å². The van der Waals surface area contributed by atoms with Crippen molar-refractivity contribution in [2.45, 2.75) is 11.1 Å². The van der Waals surface area contributed by atoms with Gasteiger partial charge in [0.05, 0.1) is 10.5 Å². The molecule has 0 spiro atoms. The van der Waals surface area contributed by atoms with Gasteiger partial charge in [0, 0.05) is 16.9 Å². The standard InChI is InChI=1S/C15H15F3N4O2S/c1-21-25(23,24)11-6-7-13(12(8-11)14(19)20)22-10-4-2-9(3-5-10)15(16,17)18/h2-8,21-22H,1H3,(H3,19,20). The Morgan fingerprint density at radius 3 is 2.20 bits per heavy atom. The molecule has 0 saturated heterocycles. The number of nitrogens with one attached hydrogen (secondary N) is 3. The van der Waals surface area contributed by atoms with E-state index in [1.54, 1.807) is 0 Å². The minimum atomic E-state index is -4.44. The zero-order valence-corrected chi connectivity index (χ0v) is 13.8. The summed E-state index contributed by atoms with van der Waals surface area (Å²) in [7, 11) is -2.47. The van der Waals surface area contributed by atoms with E-state index >= 15 is 0 Å². The first-order chi connectivity index (χ1) is 11.5. The highest BCUT2D eigenvalue weighted by Crippen LogP contribution is 2.31. The van der Waals surface area contributed by atoms with Crippen molar-refractivity contribution in [2.75, 3.05) is 12.4 Å². The first-order valence-corrected chi connectivity index (χ1v) is 8.39. The highest BCUT2D eigenvalue weighted by atomic mass is 32.2. The Kier molecular flexibility index (Phi) is 5.04. The second-order valence-corrected chi connectivity index (χ2v) is 6.92. The monoisotopic (exact) mass is 372 g/mol. The molecule has 2 aromatic rings. The number of anilines is 2. The quantitative estimate of drug-likeness (QED) is 0.478. The van der Waals surface area contributed by atoms with Crippen molar-refractivity contribution >= 4 is 27.2 Å². The Balaban J connectivity index is 2.38. The molecule has 0 unspecified atom stereocenters. The van der Waals surface area contributed by atoms with Gasteiger partial charge in [-0.3, -0.25) is 5.41 Å². The highest BCUT2D eigenvalue weighted by Gasteiger charge is 2.30. The average molecular weight is 372 g/mol. The summed E-state index contributed by atoms with van der Waals surface area (Å²) in [4.78, 5) is -0.0850. The van der Waals surface area contributed by atoms with Gasteiger partial charge in [-0.2, -0.15) is 13.2 Å². The second-order valence-electron chi connectivity index (χ2n) is 5.03. The molecule has 0 aliphatic heterocycles. The molecule has 0 bridgehead atoms. The Labute approximate surface area is 142 Å². The van der Waals surface area contributed by atoms with E-state index in [-0.39, 0.29) is 16.3 Å². The molecule has 6 nitrogen and oxygen atoms in total. The maximum Gasteiger partial charge on any atom is 0.416 e. The van der Waals surface area contributed by atoms with Crippen molar-refractivity contribution in [1.82, 2.24) is 4.72 Å². The minimum absolute atomic E-state index is 0.0850. The minimum Gasteiger partial charge on any atom is -0.384 e. The molecule has 5 N–H and O–H groups in total. The van der Waals surface area contributed by atoms with Gasteiger partial charge in [0.1, 0.15) is 5.84 Å². The molecule has 2 aromatic carbocycles. The smallest absolute Gasteiger partial charge is 0.384 e. The summed E-state index contributed by atoms with van der Waals surface area (Å²) in [5, 5.41) is 10.4. The number of nitrogen functional groups attached to an aromatic ring is 1. The van der Waals surface area contributed by atoms with E-state index < -0.39 is 21.8 Å². The zero-order valence-electron chi connectivity index (χ0n) is 13.0. The summed E-state index contributed by atoms with van der Waals surface area (Å²) < 4.78 is 63.5. The predicted octanol–water partition coefficient (Wildman–Crippen LogP) is 2.64. The SMILES string of the molecule is CNS(=O)(=O)c1ccc(Nc2ccc(C(F)(F)F)cc2)c(C(=N)N)c1. The van der Waals surface area contributed by atoms with Crippen LogP contribution in [0.15, 0.2) is 47.4 Å². The molecular formula is C15H15F3N4O2S. The number of sulfonamides is 1. The molecular weight excluding hydrogens is 357 g/mol. The van der Waals surface area contributed by atoms with E-state index in [2.05, 4.69) is 10.0 Å². The number of hydrogen-bond acceptors (Lipinski definition) is 4. The lowest BCUT2D eigenvalue weighted by Gasteiger charge is -2.14. The Hall–Kier alpha value is -2.59. The fourth-order valence-corrected chi connectivity index (χ4v) is 2.79. The van der Waals surface area contributed by atoms with Crippen molar-refractivity contribution in [3.05, 3.63) is 53.6 Å². The van der Waals surface area contributed by atoms with E-state index in [0.29, 0.717) is 11.4 Å². The largest absolute Gasteiger partial charge is 0.416 e. The van der Waals surface area contributed by atoms with Gasteiger partial charge in [0.15, 0.2) is 0 Å². The molecule has 25 heavy (non-hydrogen) atoms. The maximum absolute atomic E-state index is 12.6. The molecule has 0 fully saturated rings. The molecule has 10 heteroatoms. The van der Waals surface area contributed by atoms with Crippen molar-refractivity contribution in [3.63, 3.8) is 0 Å². The number of alkyl halides is 3. The Bertz CT molecular complexity index is 894. The highest BCUT2D eigenvalue weighted by molar-refractivity contribution is 7.89. The zero-order chi connectivity index (χ0) is 18.8. The fraction of sp³-hybridized carbons (Fsp3) is 0.133. The van der Waals surface area contributed by atoms with Crippen molar-refractivity contribution < 1.29 is 21.6 Å². The molecule has 0 heterocycles. The van der Waals surface area contributed by atoms with Crippen LogP contribution in [0.1, 0.15) is 11.1 Å². The van der Waals surface area contributed by atoms with Crippen molar-refractivity contribution in [1.29, 1.82) is 5.41 Å². The van der Waals surface area contributed by atoms with Crippen LogP contribution < -0.4 is 15.8 Å². The van der Waals surface area contributed by atoms with Crippen molar-refractivity contribution in [3.8, 4) is 0 Å². The second kappa shape index (κ2) is 6.73. The molecule has 0 aliphatic carbocycles. The van der Waals surface area contributed by atoms with E-state index in [9.17, 15) is 21.6 Å². The Morgan fingerprint density at radius 1 is 1.12 bits per heavy atom. The molecule has 0 amide bonds. The topological polar surface area (TPSA) is 108 Å². The van der Waals surface area contributed by atoms with Crippen LogP contribution in [0.3, 0.4) is 0 Å². The summed E-state index contributed by atoms with van der Waals surface area (Å²) in [6, 6.07) is 8.17. The van der Waals surface area contributed by atoms with Crippen LogP contribution in [-0.2, 0) is 16.2 Å². The summed E-state index contributed by atoms with van der Waals surface area (Å²) in [5.41, 5.74) is 5.43. The van der Waals surface area contributed by atoms with Gasteiger partial charge in [-0.05, 0) is 49.5 Å². The molecule has 134 valence electrons. The number of halogens is 3. The van der Waals surface area contributed by atoms with Gasteiger partial charge in [-0.1, -0.05) is 0 Å². The fourth-order valence-electron chi connectivity index (χ4n) is 2.04. The van der Waals surface area contributed by atoms with Crippen molar-refractivity contribution in [2.24, 2.45) is 5.73 Å². The van der Waals surface area contributed by atoms with Crippen LogP contribution in [0.2, 0.25) is 0 Å². The molecule has 0 atom stereocenters. The number of amidine groups is 1. The third-order valence-electron chi connectivity index (χ3n) is 3.35. The van der Waals surface area contributed by atoms with Gasteiger partial charge < -0.3 is 11.1 Å². The molecule has 0 aliphatic rings. The van der Waals surface area contributed by atoms with E-state index in [1.807, 2.05) is 0 Å². The first kappa shape index (κ1) is 18.7. The predicted molar refractivity (Wildman–Crippen MR) is 88.4 cm³/mol. The lowest BCUT2D eigenvalue weighted by molar-refractivity contribution is -0.137. The van der Waals surface area contributed by atoms with Crippen LogP contribution in [0.4, 0.5) is 24.5 Å².